The summed E-state index contributed by atoms with van der Waals surface area (Å²) >= 11 is -0.826. The van der Waals surface area contributed by atoms with Gasteiger partial charge in [0.1, 0.15) is 0 Å². The first-order valence-electron chi connectivity index (χ1n) is 9.99. The van der Waals surface area contributed by atoms with E-state index in [2.05, 4.69) is 84.0 Å². The van der Waals surface area contributed by atoms with Gasteiger partial charge in [-0.3, -0.25) is 0 Å². The molecule has 0 heterocycles. The summed E-state index contributed by atoms with van der Waals surface area (Å²) in [4.78, 5) is 0. The summed E-state index contributed by atoms with van der Waals surface area (Å²) in [5, 5.41) is 2.80. The summed E-state index contributed by atoms with van der Waals surface area (Å²) < 4.78 is 0. The van der Waals surface area contributed by atoms with Gasteiger partial charge in [-0.25, -0.2) is 0 Å². The summed E-state index contributed by atoms with van der Waals surface area (Å²) in [6.45, 7) is 13.6. The molecule has 0 saturated carbocycles. The first kappa shape index (κ1) is 23.8. The molecule has 0 aliphatic rings. The van der Waals surface area contributed by atoms with Crippen molar-refractivity contribution in [3.05, 3.63) is 64.7 Å². The van der Waals surface area contributed by atoms with Crippen LogP contribution in [-0.2, 0) is 32.7 Å². The van der Waals surface area contributed by atoms with Gasteiger partial charge >= 0.3 is 37.9 Å². The Bertz CT molecular complexity index is 896. The molecule has 0 unspecified atom stereocenters. The maximum absolute atomic E-state index is 4.93. The van der Waals surface area contributed by atoms with Gasteiger partial charge < -0.3 is 0 Å². The third kappa shape index (κ3) is 6.01. The molecular weight excluding hydrogens is 462 g/mol. The average molecular weight is 494 g/mol. The van der Waals surface area contributed by atoms with Gasteiger partial charge in [0.05, 0.1) is 0 Å². The molecule has 0 aliphatic heterocycles. The van der Waals surface area contributed by atoms with Crippen LogP contribution in [0.4, 0.5) is 0 Å². The molecule has 0 amide bonds. The third-order valence-corrected chi connectivity index (χ3v) is 5.09. The van der Waals surface area contributed by atoms with Crippen LogP contribution in [0.15, 0.2) is 42.5 Å². The number of halogens is 2. The van der Waals surface area contributed by atoms with E-state index in [0.29, 0.717) is 0 Å². The van der Waals surface area contributed by atoms with Crippen molar-refractivity contribution in [2.75, 3.05) is 0 Å². The second-order valence-corrected chi connectivity index (χ2v) is 12.4. The van der Waals surface area contributed by atoms with Crippen LogP contribution in [0.2, 0.25) is 0 Å². The summed E-state index contributed by atoms with van der Waals surface area (Å²) in [6.07, 6.45) is 3.70. The fraction of sp³-hybridized carbons (Fsp3) is 0.400. The van der Waals surface area contributed by atoms with E-state index in [4.69, 9.17) is 17.0 Å². The molecule has 0 radical (unpaired) electrons. The molecule has 0 spiro atoms. The molecule has 0 saturated heterocycles. The van der Waals surface area contributed by atoms with Crippen molar-refractivity contribution in [1.29, 1.82) is 0 Å². The second kappa shape index (κ2) is 10.5. The minimum absolute atomic E-state index is 0.127. The van der Waals surface area contributed by atoms with Crippen molar-refractivity contribution >= 4 is 27.8 Å². The van der Waals surface area contributed by atoms with Crippen molar-refractivity contribution in [2.45, 2.75) is 66.2 Å². The Labute approximate surface area is 189 Å². The van der Waals surface area contributed by atoms with Crippen LogP contribution in [-0.4, -0.2) is 0 Å². The van der Waals surface area contributed by atoms with Crippen LogP contribution in [0.3, 0.4) is 0 Å². The number of rotatable bonds is 4. The van der Waals surface area contributed by atoms with E-state index in [1.165, 1.54) is 63.4 Å². The van der Waals surface area contributed by atoms with E-state index in [1.807, 2.05) is 0 Å². The normalized spacial score (nSPS) is 11.3. The van der Waals surface area contributed by atoms with Crippen LogP contribution in [0.5, 0.6) is 0 Å². The zero-order valence-electron chi connectivity index (χ0n) is 17.9. The van der Waals surface area contributed by atoms with Crippen molar-refractivity contribution in [3.63, 3.8) is 0 Å². The minimum atomic E-state index is -0.826. The summed E-state index contributed by atoms with van der Waals surface area (Å²) in [5.74, 6) is 0. The molecule has 0 aliphatic carbocycles. The zero-order chi connectivity index (χ0) is 20.9. The number of unbranched alkanes of at least 4 members (excludes halogenated alkanes) is 1. The predicted octanol–water partition coefficient (Wildman–Crippen LogP) is 8.86. The van der Waals surface area contributed by atoms with Gasteiger partial charge in [-0.15, -0.1) is 34.5 Å². The molecule has 0 fully saturated rings. The van der Waals surface area contributed by atoms with E-state index >= 15 is 0 Å². The Morgan fingerprint density at radius 3 is 2.11 bits per heavy atom. The topological polar surface area (TPSA) is 0 Å². The van der Waals surface area contributed by atoms with Crippen molar-refractivity contribution in [2.24, 2.45) is 0 Å². The van der Waals surface area contributed by atoms with Crippen LogP contribution in [0.25, 0.3) is 21.9 Å². The Morgan fingerprint density at radius 2 is 1.57 bits per heavy atom. The fourth-order valence-electron chi connectivity index (χ4n) is 3.92. The van der Waals surface area contributed by atoms with Gasteiger partial charge in [0, 0.05) is 0 Å². The molecule has 3 aromatic carbocycles. The van der Waals surface area contributed by atoms with E-state index in [0.717, 1.165) is 0 Å². The van der Waals surface area contributed by atoms with Gasteiger partial charge in [0.15, 0.2) is 0 Å². The summed E-state index contributed by atoms with van der Waals surface area (Å²) in [6, 6.07) is 16.4. The number of hydrogen-bond acceptors (Lipinski definition) is 0. The SMILES string of the molecule is CCCCc1cc2c(-c3cc(C)cc(C)c3)c(C(C)(C)C)ccc2[cH-]1.[Cl][Zr][Cl]. The molecule has 3 aromatic rings. The van der Waals surface area contributed by atoms with Gasteiger partial charge in [0.25, 0.3) is 0 Å². The van der Waals surface area contributed by atoms with Crippen molar-refractivity contribution < 1.29 is 20.8 Å². The maximum atomic E-state index is 4.93. The number of hydrogen-bond donors (Lipinski definition) is 0. The zero-order valence-corrected chi connectivity index (χ0v) is 21.9. The molecule has 0 aromatic heterocycles. The number of benzene rings is 2. The van der Waals surface area contributed by atoms with Gasteiger partial charge in [-0.2, -0.15) is 6.07 Å². The number of aryl methyl sites for hydroxylation is 3. The standard InChI is InChI=1S/C25H31.2ClH.Zr/c1-7-8-9-19-15-20-10-11-23(25(4,5)6)24(22(20)16-19)21-13-17(2)12-18(3)14-21;;;/h10-16H,7-9H2,1-6H3;2*1H;/q-1;;;+2/p-2. The molecule has 0 nitrogen and oxygen atoms in total. The molecule has 3 rings (SSSR count). The van der Waals surface area contributed by atoms with Crippen molar-refractivity contribution in [1.82, 2.24) is 0 Å². The molecule has 150 valence electrons. The fourth-order valence-corrected chi connectivity index (χ4v) is 3.92. The Kier molecular flexibility index (Phi) is 8.93. The van der Waals surface area contributed by atoms with Gasteiger partial charge in [0.2, 0.25) is 0 Å². The second-order valence-electron chi connectivity index (χ2n) is 8.66. The summed E-state index contributed by atoms with van der Waals surface area (Å²) in [7, 11) is 9.87. The van der Waals surface area contributed by atoms with E-state index in [9.17, 15) is 0 Å². The first-order chi connectivity index (χ1) is 13.2. The number of fused-ring (bicyclic) bond motifs is 1. The molecule has 0 bridgehead atoms. The quantitative estimate of drug-likeness (QED) is 0.318. The van der Waals surface area contributed by atoms with E-state index in [-0.39, 0.29) is 5.41 Å². The molecular formula is C25H31Cl2Zr-. The van der Waals surface area contributed by atoms with Crippen LogP contribution >= 0.6 is 17.0 Å². The molecule has 3 heteroatoms. The van der Waals surface area contributed by atoms with Gasteiger partial charge in [-0.05, 0) is 31.2 Å². The Balaban J connectivity index is 0.000000878. The monoisotopic (exact) mass is 491 g/mol. The van der Waals surface area contributed by atoms with Crippen LogP contribution in [0, 0.1) is 13.8 Å². The Hall–Kier alpha value is -0.487. The molecule has 0 atom stereocenters. The molecule has 28 heavy (non-hydrogen) atoms. The van der Waals surface area contributed by atoms with E-state index in [1.54, 1.807) is 0 Å². The average Bonchev–Trinajstić information content (AvgIpc) is 3.01. The van der Waals surface area contributed by atoms with Gasteiger partial charge in [-0.1, -0.05) is 81.0 Å². The predicted molar refractivity (Wildman–Crippen MR) is 123 cm³/mol. The Morgan fingerprint density at radius 1 is 0.964 bits per heavy atom. The van der Waals surface area contributed by atoms with Crippen molar-refractivity contribution in [3.8, 4) is 11.1 Å². The molecule has 0 N–H and O–H groups in total. The van der Waals surface area contributed by atoms with Crippen LogP contribution in [0.1, 0.15) is 62.8 Å². The first-order valence-corrected chi connectivity index (χ1v) is 16.3. The third-order valence-electron chi connectivity index (χ3n) is 5.09. The summed E-state index contributed by atoms with van der Waals surface area (Å²) in [5.41, 5.74) is 8.52. The van der Waals surface area contributed by atoms with E-state index < -0.39 is 20.8 Å². The van der Waals surface area contributed by atoms with Crippen LogP contribution < -0.4 is 0 Å².